The summed E-state index contributed by atoms with van der Waals surface area (Å²) in [6.07, 6.45) is 0.733. The van der Waals surface area contributed by atoms with Crippen molar-refractivity contribution in [1.29, 1.82) is 0 Å². The van der Waals surface area contributed by atoms with Crippen LogP contribution in [0, 0.1) is 5.92 Å². The molecular formula is C17H39N3O7. The van der Waals surface area contributed by atoms with Gasteiger partial charge >= 0.3 is 12.1 Å². The number of hydrogen-bond acceptors (Lipinski definition) is 9. The van der Waals surface area contributed by atoms with Crippen molar-refractivity contribution in [2.75, 3.05) is 20.7 Å². The molecule has 1 aliphatic heterocycles. The van der Waals surface area contributed by atoms with Crippen molar-refractivity contribution in [3.8, 4) is 0 Å². The first-order chi connectivity index (χ1) is 11.2. The lowest BCUT2D eigenvalue weighted by molar-refractivity contribution is -0.195. The zero-order valence-electron chi connectivity index (χ0n) is 14.8. The monoisotopic (exact) mass is 397 g/mol. The first-order valence-electron chi connectivity index (χ1n) is 7.39. The van der Waals surface area contributed by atoms with Crippen molar-refractivity contribution in [1.82, 2.24) is 10.5 Å². The number of imide groups is 1. The van der Waals surface area contributed by atoms with Gasteiger partial charge in [-0.25, -0.2) is 9.59 Å². The van der Waals surface area contributed by atoms with E-state index in [2.05, 4.69) is 33.7 Å². The number of rotatable bonds is 4. The van der Waals surface area contributed by atoms with Gasteiger partial charge in [0.1, 0.15) is 0 Å². The van der Waals surface area contributed by atoms with E-state index in [9.17, 15) is 19.2 Å². The normalized spacial score (nSPS) is 12.3. The molecule has 10 heteroatoms. The van der Waals surface area contributed by atoms with E-state index >= 15 is 0 Å². The number of methoxy groups -OCH3 is 1. The highest BCUT2D eigenvalue weighted by atomic mass is 16.8. The van der Waals surface area contributed by atoms with Gasteiger partial charge in [0, 0.05) is 26.8 Å². The second kappa shape index (κ2) is 21.8. The van der Waals surface area contributed by atoms with E-state index in [0.717, 1.165) is 13.5 Å². The van der Waals surface area contributed by atoms with Gasteiger partial charge in [-0.3, -0.25) is 9.59 Å². The second-order valence-corrected chi connectivity index (χ2v) is 4.67. The first-order valence-corrected chi connectivity index (χ1v) is 7.39. The third-order valence-electron chi connectivity index (χ3n) is 2.68. The van der Waals surface area contributed by atoms with Crippen LogP contribution in [0.15, 0.2) is 0 Å². The van der Waals surface area contributed by atoms with Gasteiger partial charge in [-0.05, 0) is 12.5 Å². The number of hydrogen-bond donors (Lipinski definition) is 2. The number of nitrogens with two attached hydrogens (primary N) is 1. The molecule has 1 fully saturated rings. The molecule has 27 heavy (non-hydrogen) atoms. The van der Waals surface area contributed by atoms with E-state index in [1.807, 2.05) is 0 Å². The first kappa shape index (κ1) is 35.8. The fraction of sp³-hybridized carbons (Fsp3) is 0.765. The van der Waals surface area contributed by atoms with E-state index in [0.29, 0.717) is 11.0 Å². The van der Waals surface area contributed by atoms with E-state index < -0.39 is 23.9 Å². The minimum atomic E-state index is -0.734. The molecule has 0 aromatic carbocycles. The molecule has 1 unspecified atom stereocenters. The molecule has 0 spiro atoms. The number of carbonyl (C=O) groups is 4. The minimum absolute atomic E-state index is 0. The number of amides is 2. The zero-order valence-corrected chi connectivity index (χ0v) is 14.8. The lowest BCUT2D eigenvalue weighted by Gasteiger charge is -2.09. The Bertz CT molecular complexity index is 397. The summed E-state index contributed by atoms with van der Waals surface area (Å²) in [7, 11) is 2.70. The summed E-state index contributed by atoms with van der Waals surface area (Å²) < 4.78 is 4.07. The van der Waals surface area contributed by atoms with Crippen LogP contribution in [0.4, 0.5) is 4.79 Å². The maximum absolute atomic E-state index is 10.7. The molecule has 2 amide bonds. The van der Waals surface area contributed by atoms with Crippen LogP contribution in [0.3, 0.4) is 0 Å². The van der Waals surface area contributed by atoms with Crippen molar-refractivity contribution in [3.63, 3.8) is 0 Å². The molecular weight excluding hydrogens is 358 g/mol. The van der Waals surface area contributed by atoms with Crippen molar-refractivity contribution >= 4 is 23.9 Å². The van der Waals surface area contributed by atoms with Gasteiger partial charge in [-0.1, -0.05) is 42.5 Å². The molecule has 0 aromatic heterocycles. The molecule has 3 N–H and O–H groups in total. The van der Waals surface area contributed by atoms with E-state index in [4.69, 9.17) is 5.73 Å². The summed E-state index contributed by atoms with van der Waals surface area (Å²) in [5.41, 5.74) is 7.43. The van der Waals surface area contributed by atoms with Crippen LogP contribution in [0.1, 0.15) is 62.3 Å². The molecule has 0 aliphatic carbocycles. The summed E-state index contributed by atoms with van der Waals surface area (Å²) in [5, 5.41) is 0.516. The highest BCUT2D eigenvalue weighted by Gasteiger charge is 2.31. The summed E-state index contributed by atoms with van der Waals surface area (Å²) in [4.78, 5) is 50.1. The van der Waals surface area contributed by atoms with Crippen molar-refractivity contribution < 1.29 is 33.6 Å². The zero-order chi connectivity index (χ0) is 19.1. The molecule has 1 aliphatic rings. The van der Waals surface area contributed by atoms with E-state index in [1.54, 1.807) is 0 Å². The van der Waals surface area contributed by atoms with Gasteiger partial charge in [0.15, 0.2) is 0 Å². The van der Waals surface area contributed by atoms with Gasteiger partial charge in [0.05, 0.1) is 7.11 Å². The Morgan fingerprint density at radius 1 is 1.19 bits per heavy atom. The maximum Gasteiger partial charge on any atom is 0.527 e. The molecule has 0 radical (unpaired) electrons. The maximum atomic E-state index is 10.7. The third-order valence-corrected chi connectivity index (χ3v) is 2.68. The van der Waals surface area contributed by atoms with Crippen molar-refractivity contribution in [2.24, 2.45) is 11.7 Å². The lowest BCUT2D eigenvalue weighted by atomic mass is 10.1. The Labute approximate surface area is 163 Å². The highest BCUT2D eigenvalue weighted by molar-refractivity contribution is 6.01. The van der Waals surface area contributed by atoms with Gasteiger partial charge in [-0.15, -0.1) is 5.06 Å². The molecule has 1 atom stereocenters. The Balaban J connectivity index is -0.0000000899. The van der Waals surface area contributed by atoms with Gasteiger partial charge < -0.3 is 20.1 Å². The van der Waals surface area contributed by atoms with Crippen molar-refractivity contribution in [2.45, 2.75) is 62.3 Å². The Hall–Kier alpha value is -2.20. The predicted molar refractivity (Wildman–Crippen MR) is 104 cm³/mol. The number of ether oxygens (including phenoxy) is 1. The molecule has 1 heterocycles. The smallest absolute Gasteiger partial charge is 0.436 e. The highest BCUT2D eigenvalue weighted by Crippen LogP contribution is 2.11. The van der Waals surface area contributed by atoms with Crippen LogP contribution < -0.4 is 11.2 Å². The molecule has 10 nitrogen and oxygen atoms in total. The Morgan fingerprint density at radius 2 is 1.63 bits per heavy atom. The van der Waals surface area contributed by atoms with Crippen LogP contribution in [-0.2, 0) is 28.8 Å². The number of nitrogens with zero attached hydrogens (tertiary/aromatic N) is 1. The largest absolute Gasteiger partial charge is 0.527 e. The SMILES string of the molecule is C.C.C.CC(=O)ON1C(=O)CCC1=O.CCC(C)CN.CNOC(=O)OC. The average Bonchev–Trinajstić information content (AvgIpc) is 2.86. The van der Waals surface area contributed by atoms with Gasteiger partial charge in [0.25, 0.3) is 11.8 Å². The fourth-order valence-corrected chi connectivity index (χ4v) is 1.08. The quantitative estimate of drug-likeness (QED) is 0.416. The molecule has 0 saturated carbocycles. The van der Waals surface area contributed by atoms with Crippen LogP contribution in [0.25, 0.3) is 0 Å². The number of hydroxylamine groups is 3. The summed E-state index contributed by atoms with van der Waals surface area (Å²) >= 11 is 0. The molecule has 0 bridgehead atoms. The number of carbonyl (C=O) groups excluding carboxylic acids is 4. The number of nitrogens with one attached hydrogen (secondary N) is 1. The fourth-order valence-electron chi connectivity index (χ4n) is 1.08. The van der Waals surface area contributed by atoms with Crippen LogP contribution in [0.5, 0.6) is 0 Å². The topological polar surface area (TPSA) is 137 Å². The van der Waals surface area contributed by atoms with Gasteiger partial charge in [-0.2, -0.15) is 5.48 Å². The van der Waals surface area contributed by atoms with E-state index in [-0.39, 0.29) is 35.1 Å². The van der Waals surface area contributed by atoms with Crippen LogP contribution in [0.2, 0.25) is 0 Å². The molecule has 1 rings (SSSR count). The minimum Gasteiger partial charge on any atom is -0.436 e. The summed E-state index contributed by atoms with van der Waals surface area (Å²) in [5.74, 6) is -0.853. The third kappa shape index (κ3) is 20.0. The van der Waals surface area contributed by atoms with E-state index in [1.165, 1.54) is 20.6 Å². The lowest BCUT2D eigenvalue weighted by Crippen LogP contribution is -2.30. The second-order valence-electron chi connectivity index (χ2n) is 4.67. The standard InChI is InChI=1S/C6H7NO4.C5H13N.C3H7NO3.3CH4/c1-4(8)11-7-5(9)2-3-6(7)10;1-3-5(2)4-6;1-4-7-3(5)6-2;;;/h2-3H2,1H3;5H,3-4,6H2,1-2H3;4H,1-2H3;3*1H4. The summed E-state index contributed by atoms with van der Waals surface area (Å²) in [6.45, 7) is 6.27. The average molecular weight is 398 g/mol. The molecule has 0 aromatic rings. The van der Waals surface area contributed by atoms with Crippen LogP contribution in [-0.4, -0.2) is 49.7 Å². The summed E-state index contributed by atoms with van der Waals surface area (Å²) in [6, 6.07) is 0. The Morgan fingerprint density at radius 3 is 1.81 bits per heavy atom. The van der Waals surface area contributed by atoms with Crippen molar-refractivity contribution in [3.05, 3.63) is 0 Å². The van der Waals surface area contributed by atoms with Gasteiger partial charge in [0.2, 0.25) is 0 Å². The van der Waals surface area contributed by atoms with Crippen LogP contribution >= 0.6 is 0 Å². The molecule has 1 saturated heterocycles. The predicted octanol–water partition coefficient (Wildman–Crippen LogP) is 2.42. The Kier molecular flexibility index (Phi) is 29.0. The molecule has 164 valence electrons.